The van der Waals surface area contributed by atoms with Gasteiger partial charge >= 0.3 is 0 Å². The van der Waals surface area contributed by atoms with Gasteiger partial charge in [0, 0.05) is 35.7 Å². The van der Waals surface area contributed by atoms with Crippen molar-refractivity contribution in [2.75, 3.05) is 13.6 Å². The van der Waals surface area contributed by atoms with E-state index in [9.17, 15) is 0 Å². The molecule has 2 aromatic carbocycles. The van der Waals surface area contributed by atoms with Crippen molar-refractivity contribution in [3.63, 3.8) is 0 Å². The highest BCUT2D eigenvalue weighted by atomic mass is 127. The van der Waals surface area contributed by atoms with Crippen molar-refractivity contribution in [2.45, 2.75) is 37.8 Å². The number of piperidine rings is 1. The molecule has 0 spiro atoms. The molecule has 0 amide bonds. The Labute approximate surface area is 166 Å². The Hall–Kier alpha value is -1.33. The quantitative estimate of drug-likeness (QED) is 0.438. The van der Waals surface area contributed by atoms with Gasteiger partial charge in [-0.05, 0) is 18.1 Å². The summed E-state index contributed by atoms with van der Waals surface area (Å²) in [6.07, 6.45) is 5.13. The number of para-hydroxylation sites is 1. The number of H-pyrrole nitrogens is 1. The number of nitrogens with zero attached hydrogens (tertiary/aromatic N) is 1. The maximum atomic E-state index is 3.80. The van der Waals surface area contributed by atoms with Gasteiger partial charge in [0.05, 0.1) is 19.3 Å². The lowest BCUT2D eigenvalue weighted by atomic mass is 9.82. The Morgan fingerprint density at radius 2 is 1.64 bits per heavy atom. The minimum absolute atomic E-state index is 0. The maximum Gasteiger partial charge on any atom is 0.130 e. The second-order valence-corrected chi connectivity index (χ2v) is 7.76. The first-order chi connectivity index (χ1) is 11.8. The van der Waals surface area contributed by atoms with Crippen molar-refractivity contribution in [3.8, 4) is 0 Å². The van der Waals surface area contributed by atoms with E-state index in [1.165, 1.54) is 58.9 Å². The SMILES string of the molecule is C[N+]12CCc3c([nH]c4ccccc34)C1CCCC2c1ccccc1.[I-]. The second-order valence-electron chi connectivity index (χ2n) is 7.76. The van der Waals surface area contributed by atoms with E-state index in [2.05, 4.69) is 66.6 Å². The van der Waals surface area contributed by atoms with Crippen LogP contribution in [0.15, 0.2) is 54.6 Å². The Morgan fingerprint density at radius 1 is 0.920 bits per heavy atom. The van der Waals surface area contributed by atoms with E-state index in [1.807, 2.05) is 0 Å². The van der Waals surface area contributed by atoms with Crippen molar-refractivity contribution < 1.29 is 28.5 Å². The summed E-state index contributed by atoms with van der Waals surface area (Å²) >= 11 is 0. The molecule has 3 aromatic rings. The molecule has 0 bridgehead atoms. The van der Waals surface area contributed by atoms with Crippen molar-refractivity contribution in [2.24, 2.45) is 0 Å². The fourth-order valence-corrected chi connectivity index (χ4v) is 5.37. The molecule has 2 nitrogen and oxygen atoms in total. The van der Waals surface area contributed by atoms with Crippen LogP contribution >= 0.6 is 0 Å². The molecule has 5 rings (SSSR count). The molecule has 1 saturated heterocycles. The standard InChI is InChI=1S/C22H25N2.HI/c1-24-15-14-18-17-10-5-6-11-19(17)23-22(18)21(24)13-7-12-20(24)16-8-3-2-4-9-16;/h2-6,8-11,20-21,23H,7,12-15H2,1H3;1H/q+1;/p-1. The number of aromatic nitrogens is 1. The van der Waals surface area contributed by atoms with Crippen LogP contribution in [0.1, 0.15) is 48.2 Å². The number of benzene rings is 2. The summed E-state index contributed by atoms with van der Waals surface area (Å²) in [7, 11) is 2.50. The first kappa shape index (κ1) is 17.1. The van der Waals surface area contributed by atoms with E-state index in [-0.39, 0.29) is 24.0 Å². The Morgan fingerprint density at radius 3 is 2.48 bits per heavy atom. The van der Waals surface area contributed by atoms with Gasteiger partial charge in [0.1, 0.15) is 12.1 Å². The van der Waals surface area contributed by atoms with Gasteiger partial charge in [0.2, 0.25) is 0 Å². The van der Waals surface area contributed by atoms with Crippen LogP contribution in [0.4, 0.5) is 0 Å². The monoisotopic (exact) mass is 444 g/mol. The highest BCUT2D eigenvalue weighted by Gasteiger charge is 2.48. The second kappa shape index (κ2) is 6.44. The molecule has 0 saturated carbocycles. The van der Waals surface area contributed by atoms with Crippen molar-refractivity contribution >= 4 is 10.9 Å². The average Bonchev–Trinajstić information content (AvgIpc) is 3.00. The van der Waals surface area contributed by atoms with Gasteiger partial charge in [0.15, 0.2) is 0 Å². The summed E-state index contributed by atoms with van der Waals surface area (Å²) in [5.41, 5.74) is 5.94. The zero-order valence-electron chi connectivity index (χ0n) is 14.7. The van der Waals surface area contributed by atoms with Crippen LogP contribution < -0.4 is 24.0 Å². The van der Waals surface area contributed by atoms with Crippen LogP contribution in [0.2, 0.25) is 0 Å². The lowest BCUT2D eigenvalue weighted by molar-refractivity contribution is -0.975. The van der Waals surface area contributed by atoms with Crippen LogP contribution in [0.3, 0.4) is 0 Å². The van der Waals surface area contributed by atoms with Gasteiger partial charge in [-0.2, -0.15) is 0 Å². The molecule has 3 atom stereocenters. The normalized spacial score (nSPS) is 28.0. The number of likely N-dealkylation sites (N-methyl/N-ethyl adjacent to an activating group) is 1. The van der Waals surface area contributed by atoms with E-state index in [4.69, 9.17) is 0 Å². The van der Waals surface area contributed by atoms with Crippen molar-refractivity contribution in [1.29, 1.82) is 0 Å². The van der Waals surface area contributed by atoms with Crippen LogP contribution in [-0.2, 0) is 6.42 Å². The number of quaternary nitrogens is 1. The molecule has 130 valence electrons. The number of nitrogens with one attached hydrogen (secondary N) is 1. The smallest absolute Gasteiger partial charge is 0.130 e. The molecule has 3 heteroatoms. The number of halogens is 1. The molecule has 0 radical (unpaired) electrons. The Balaban J connectivity index is 0.00000157. The number of rotatable bonds is 1. The zero-order valence-corrected chi connectivity index (χ0v) is 16.9. The van der Waals surface area contributed by atoms with Gasteiger partial charge in [-0.3, -0.25) is 0 Å². The predicted octanol–water partition coefficient (Wildman–Crippen LogP) is 2.14. The highest BCUT2D eigenvalue weighted by Crippen LogP contribution is 2.50. The molecule has 1 N–H and O–H groups in total. The third-order valence-corrected chi connectivity index (χ3v) is 6.59. The van der Waals surface area contributed by atoms with Crippen molar-refractivity contribution in [3.05, 3.63) is 71.4 Å². The van der Waals surface area contributed by atoms with Gasteiger partial charge < -0.3 is 33.4 Å². The average molecular weight is 444 g/mol. The number of aromatic amines is 1. The van der Waals surface area contributed by atoms with Crippen LogP contribution in [0.25, 0.3) is 10.9 Å². The first-order valence-electron chi connectivity index (χ1n) is 9.27. The molecular weight excluding hydrogens is 419 g/mol. The van der Waals surface area contributed by atoms with Gasteiger partial charge in [-0.25, -0.2) is 0 Å². The largest absolute Gasteiger partial charge is 1.00 e. The summed E-state index contributed by atoms with van der Waals surface area (Å²) in [5, 5.41) is 1.44. The van der Waals surface area contributed by atoms with Gasteiger partial charge in [-0.1, -0.05) is 48.5 Å². The molecule has 1 aromatic heterocycles. The third-order valence-electron chi connectivity index (χ3n) is 6.59. The molecule has 3 unspecified atom stereocenters. The van der Waals surface area contributed by atoms with Gasteiger partial charge in [-0.15, -0.1) is 0 Å². The minimum Gasteiger partial charge on any atom is -1.00 e. The molecule has 2 aliphatic heterocycles. The zero-order chi connectivity index (χ0) is 16.1. The number of hydrogen-bond acceptors (Lipinski definition) is 0. The topological polar surface area (TPSA) is 15.8 Å². The Kier molecular flexibility index (Phi) is 4.40. The summed E-state index contributed by atoms with van der Waals surface area (Å²) in [6.45, 7) is 1.25. The number of fused-ring (bicyclic) bond motifs is 5. The summed E-state index contributed by atoms with van der Waals surface area (Å²) < 4.78 is 1.17. The molecule has 3 heterocycles. The summed E-state index contributed by atoms with van der Waals surface area (Å²) in [4.78, 5) is 3.80. The molecule has 1 fully saturated rings. The van der Waals surface area contributed by atoms with Crippen molar-refractivity contribution in [1.82, 2.24) is 4.98 Å². The van der Waals surface area contributed by atoms with E-state index in [0.717, 1.165) is 0 Å². The first-order valence-corrected chi connectivity index (χ1v) is 9.27. The summed E-state index contributed by atoms with van der Waals surface area (Å²) in [6, 6.07) is 21.3. The highest BCUT2D eigenvalue weighted by molar-refractivity contribution is 5.85. The van der Waals surface area contributed by atoms with E-state index in [0.29, 0.717) is 12.1 Å². The van der Waals surface area contributed by atoms with Crippen LogP contribution in [-0.4, -0.2) is 23.1 Å². The van der Waals surface area contributed by atoms with Crippen LogP contribution in [0, 0.1) is 0 Å². The number of hydrogen-bond donors (Lipinski definition) is 1. The lowest BCUT2D eigenvalue weighted by Gasteiger charge is -2.52. The summed E-state index contributed by atoms with van der Waals surface area (Å²) in [5.74, 6) is 0. The lowest BCUT2D eigenvalue weighted by Crippen LogP contribution is -3.00. The fraction of sp³-hybridized carbons (Fsp3) is 0.364. The third kappa shape index (κ3) is 2.55. The Bertz CT molecular complexity index is 885. The minimum atomic E-state index is 0. The van der Waals surface area contributed by atoms with E-state index < -0.39 is 0 Å². The molecule has 2 aliphatic rings. The van der Waals surface area contributed by atoms with E-state index >= 15 is 0 Å². The van der Waals surface area contributed by atoms with Crippen LogP contribution in [0.5, 0.6) is 0 Å². The fourth-order valence-electron chi connectivity index (χ4n) is 5.37. The van der Waals surface area contributed by atoms with E-state index in [1.54, 1.807) is 5.56 Å². The maximum absolute atomic E-state index is 3.80. The molecule has 25 heavy (non-hydrogen) atoms. The van der Waals surface area contributed by atoms with Gasteiger partial charge in [0.25, 0.3) is 0 Å². The molecular formula is C22H25IN2. The predicted molar refractivity (Wildman–Crippen MR) is 98.8 cm³/mol. The molecule has 0 aliphatic carbocycles.